The van der Waals surface area contributed by atoms with Crippen molar-refractivity contribution >= 4 is 5.97 Å². The van der Waals surface area contributed by atoms with Gasteiger partial charge in [-0.25, -0.2) is 0 Å². The van der Waals surface area contributed by atoms with Gasteiger partial charge in [0, 0.05) is 11.8 Å². The van der Waals surface area contributed by atoms with Crippen molar-refractivity contribution in [3.63, 3.8) is 0 Å². The maximum absolute atomic E-state index is 10.3. The van der Waals surface area contributed by atoms with Crippen molar-refractivity contribution in [2.45, 2.75) is 6.61 Å². The predicted molar refractivity (Wildman–Crippen MR) is 34.5 cm³/mol. The van der Waals surface area contributed by atoms with Crippen LogP contribution < -0.4 is 24.0 Å². The average Bonchev–Trinajstić information content (AvgIpc) is 2.04. The molecule has 0 unspecified atom stereocenters. The van der Waals surface area contributed by atoms with E-state index in [1.54, 1.807) is 6.07 Å². The molecule has 1 rings (SSSR count). The topological polar surface area (TPSA) is 73.2 Å². The molecule has 0 aliphatic heterocycles. The number of carboxylic acids is 1. The third-order valence-electron chi connectivity index (χ3n) is 1.25. The summed E-state index contributed by atoms with van der Waals surface area (Å²) in [5.41, 5.74) is 0.0718. The summed E-state index contributed by atoms with van der Waals surface area (Å²) in [6.07, 6.45) is 1.34. The molecule has 0 aliphatic rings. The van der Waals surface area contributed by atoms with E-state index in [1.807, 2.05) is 0 Å². The van der Waals surface area contributed by atoms with E-state index in [-0.39, 0.29) is 36.7 Å². The smallest absolute Gasteiger partial charge is 0.543 e. The summed E-state index contributed by atoms with van der Waals surface area (Å²) in [6.45, 7) is -0.336. The molecule has 1 N–H and O–H groups in total. The fourth-order valence-electron chi connectivity index (χ4n) is 0.750. The summed E-state index contributed by atoms with van der Waals surface area (Å²) >= 11 is 0. The van der Waals surface area contributed by atoms with Gasteiger partial charge in [-0.05, 0) is 6.07 Å². The molecule has 0 aromatic carbocycles. The van der Waals surface area contributed by atoms with Gasteiger partial charge in [-0.3, -0.25) is 4.98 Å². The summed E-state index contributed by atoms with van der Waals surface area (Å²) in [6, 6.07) is 3.04. The average molecular weight is 159 g/mol. The third kappa shape index (κ3) is 2.34. The van der Waals surface area contributed by atoms with Gasteiger partial charge in [0.2, 0.25) is 0 Å². The number of rotatable bonds is 2. The van der Waals surface area contributed by atoms with Crippen LogP contribution in [0.15, 0.2) is 18.3 Å². The number of carbonyl (C=O) groups is 1. The molecule has 58 valence electrons. The molecular weight excluding hydrogens is 153 g/mol. The zero-order chi connectivity index (χ0) is 8.27. The third-order valence-corrected chi connectivity index (χ3v) is 1.25. The minimum Gasteiger partial charge on any atom is -0.543 e. The van der Waals surface area contributed by atoms with Crippen molar-refractivity contribution in [3.05, 3.63) is 29.6 Å². The molecule has 0 saturated carbocycles. The van der Waals surface area contributed by atoms with Crippen LogP contribution in [0.3, 0.4) is 0 Å². The number of carbonyl (C=O) groups excluding carboxylic acids is 1. The van der Waals surface area contributed by atoms with Crippen molar-refractivity contribution in [1.29, 1.82) is 0 Å². The van der Waals surface area contributed by atoms with E-state index in [1.165, 1.54) is 12.3 Å². The molecule has 0 saturated heterocycles. The number of hydrogen-bond donors (Lipinski definition) is 1. The molecule has 0 bridgehead atoms. The van der Waals surface area contributed by atoms with Gasteiger partial charge in [0.05, 0.1) is 18.3 Å². The Hall–Kier alpha value is -0.823. The molecule has 1 aromatic rings. The summed E-state index contributed by atoms with van der Waals surface area (Å²) in [4.78, 5) is 13.8. The van der Waals surface area contributed by atoms with Crippen LogP contribution in [-0.4, -0.2) is 16.1 Å². The maximum atomic E-state index is 10.3. The number of aromatic carboxylic acids is 1. The molecule has 1 aromatic heterocycles. The largest absolute Gasteiger partial charge is 1.00 e. The Morgan fingerprint density at radius 1 is 1.67 bits per heavy atom. The van der Waals surface area contributed by atoms with E-state index in [0.717, 1.165) is 0 Å². The molecule has 5 heteroatoms. The van der Waals surface area contributed by atoms with Gasteiger partial charge < -0.3 is 15.0 Å². The fourth-order valence-corrected chi connectivity index (χ4v) is 0.750. The van der Waals surface area contributed by atoms with Crippen LogP contribution in [-0.2, 0) is 6.61 Å². The van der Waals surface area contributed by atoms with Crippen LogP contribution >= 0.6 is 0 Å². The molecule has 0 spiro atoms. The minimum atomic E-state index is -1.37. The predicted octanol–water partition coefficient (Wildman–Crippen LogP) is -4.06. The molecule has 0 amide bonds. The second-order valence-corrected chi connectivity index (χ2v) is 1.96. The molecule has 0 aliphatic carbocycles. The quantitative estimate of drug-likeness (QED) is 0.445. The van der Waals surface area contributed by atoms with Crippen LogP contribution in [0, 0.1) is 0 Å². The molecule has 0 atom stereocenters. The SMILES string of the molecule is O=C([O-])c1ncccc1CO.[Li+]. The minimum absolute atomic E-state index is 0. The number of hydrogen-bond acceptors (Lipinski definition) is 4. The van der Waals surface area contributed by atoms with Crippen LogP contribution in [0.5, 0.6) is 0 Å². The van der Waals surface area contributed by atoms with E-state index < -0.39 is 5.97 Å². The van der Waals surface area contributed by atoms with E-state index in [0.29, 0.717) is 0 Å². The van der Waals surface area contributed by atoms with Gasteiger partial charge in [-0.2, -0.15) is 0 Å². The van der Waals surface area contributed by atoms with Crippen molar-refractivity contribution in [2.75, 3.05) is 0 Å². The number of nitrogens with zero attached hydrogens (tertiary/aromatic N) is 1. The first-order chi connectivity index (χ1) is 5.25. The Balaban J connectivity index is 0.00000121. The van der Waals surface area contributed by atoms with Crippen LogP contribution in [0.4, 0.5) is 0 Å². The first-order valence-corrected chi connectivity index (χ1v) is 3.02. The Morgan fingerprint density at radius 3 is 2.75 bits per heavy atom. The summed E-state index contributed by atoms with van der Waals surface area (Å²) in [7, 11) is 0. The van der Waals surface area contributed by atoms with Gasteiger partial charge in [0.15, 0.2) is 0 Å². The number of aliphatic hydroxyl groups excluding tert-OH is 1. The standard InChI is InChI=1S/C7H7NO3.Li/c9-4-5-2-1-3-8-6(5)7(10)11;/h1-3,9H,4H2,(H,10,11);/q;+1/p-1. The number of aliphatic hydroxyl groups is 1. The van der Waals surface area contributed by atoms with Gasteiger partial charge >= 0.3 is 18.9 Å². The zero-order valence-electron chi connectivity index (χ0n) is 6.65. The monoisotopic (exact) mass is 159 g/mol. The second kappa shape index (κ2) is 4.94. The van der Waals surface area contributed by atoms with Gasteiger partial charge in [0.25, 0.3) is 0 Å². The molecule has 12 heavy (non-hydrogen) atoms. The van der Waals surface area contributed by atoms with Crippen molar-refractivity contribution in [1.82, 2.24) is 4.98 Å². The summed E-state index contributed by atoms with van der Waals surface area (Å²) in [5.74, 6) is -1.37. The van der Waals surface area contributed by atoms with E-state index >= 15 is 0 Å². The molecular formula is C7H6LiNO3. The normalized spacial score (nSPS) is 8.75. The van der Waals surface area contributed by atoms with Crippen molar-refractivity contribution in [2.24, 2.45) is 0 Å². The molecule has 0 radical (unpaired) electrons. The van der Waals surface area contributed by atoms with Gasteiger partial charge in [-0.15, -0.1) is 0 Å². The second-order valence-electron chi connectivity index (χ2n) is 1.96. The van der Waals surface area contributed by atoms with E-state index in [9.17, 15) is 9.90 Å². The summed E-state index contributed by atoms with van der Waals surface area (Å²) in [5, 5.41) is 18.9. The maximum Gasteiger partial charge on any atom is 1.00 e. The van der Waals surface area contributed by atoms with Gasteiger partial charge in [-0.1, -0.05) is 6.07 Å². The van der Waals surface area contributed by atoms with E-state index in [2.05, 4.69) is 4.98 Å². The van der Waals surface area contributed by atoms with Crippen molar-refractivity contribution < 1.29 is 33.9 Å². The zero-order valence-corrected chi connectivity index (χ0v) is 6.65. The Labute approximate surface area is 81.4 Å². The molecule has 4 nitrogen and oxygen atoms in total. The van der Waals surface area contributed by atoms with E-state index in [4.69, 9.17) is 5.11 Å². The van der Waals surface area contributed by atoms with Crippen molar-refractivity contribution in [3.8, 4) is 0 Å². The fraction of sp³-hybridized carbons (Fsp3) is 0.143. The Bertz CT molecular complexity index is 277. The number of pyridine rings is 1. The van der Waals surface area contributed by atoms with Crippen LogP contribution in [0.1, 0.15) is 16.1 Å². The first-order valence-electron chi connectivity index (χ1n) is 3.02. The molecule has 1 heterocycles. The van der Waals surface area contributed by atoms with Gasteiger partial charge in [0.1, 0.15) is 0 Å². The number of carboxylic acid groups (broad SMARTS) is 1. The van der Waals surface area contributed by atoms with Crippen LogP contribution in [0.2, 0.25) is 0 Å². The Kier molecular flexibility index (Phi) is 4.60. The van der Waals surface area contributed by atoms with Crippen LogP contribution in [0.25, 0.3) is 0 Å². The summed E-state index contributed by atoms with van der Waals surface area (Å²) < 4.78 is 0. The molecule has 0 fully saturated rings. The first kappa shape index (κ1) is 11.2. The number of aromatic nitrogens is 1. The Morgan fingerprint density at radius 2 is 2.33 bits per heavy atom.